The standard InChI is InChI=1S/C41H47BN4O4/c1-38(2,3)27-11-13-32-30(21-27)40(7,8)36(45(32)17-15-34(47)48)25(23-43)19-29(42)20-26(24-44)37-41(9,10)31-22-28(39(4,5)6)12-14-33(31)46(37)18-16-35(49)50/h11-14,19-22H,15-18H2,1-10H3,(H-,47,48,49,50)/p+1. The Morgan fingerprint density at radius 1 is 0.840 bits per heavy atom. The highest BCUT2D eigenvalue weighted by molar-refractivity contribution is 6.25. The number of anilines is 1. The van der Waals surface area contributed by atoms with E-state index in [0.717, 1.165) is 33.6 Å². The average molecular weight is 672 g/mol. The Kier molecular flexibility index (Phi) is 10.2. The first kappa shape index (κ1) is 37.9. The minimum Gasteiger partial charge on any atom is -0.481 e. The van der Waals surface area contributed by atoms with Crippen molar-refractivity contribution in [2.75, 3.05) is 18.0 Å². The van der Waals surface area contributed by atoms with Crippen molar-refractivity contribution in [1.29, 1.82) is 10.5 Å². The maximum absolute atomic E-state index is 11.7. The van der Waals surface area contributed by atoms with E-state index in [4.69, 9.17) is 7.85 Å². The Hall–Kier alpha value is -4.89. The Morgan fingerprint density at radius 2 is 1.40 bits per heavy atom. The monoisotopic (exact) mass is 671 g/mol. The Morgan fingerprint density at radius 3 is 1.92 bits per heavy atom. The lowest BCUT2D eigenvalue weighted by atomic mass is 9.75. The number of allylic oxidation sites excluding steroid dienone is 6. The lowest BCUT2D eigenvalue weighted by molar-refractivity contribution is -0.437. The average Bonchev–Trinajstić information content (AvgIpc) is 3.37. The lowest BCUT2D eigenvalue weighted by Crippen LogP contribution is -2.31. The van der Waals surface area contributed by atoms with Crippen molar-refractivity contribution in [3.8, 4) is 12.1 Å². The van der Waals surface area contributed by atoms with Crippen LogP contribution < -0.4 is 4.90 Å². The molecule has 2 aliphatic heterocycles. The van der Waals surface area contributed by atoms with Gasteiger partial charge >= 0.3 is 11.9 Å². The second-order valence-corrected chi connectivity index (χ2v) is 16.3. The molecule has 50 heavy (non-hydrogen) atoms. The normalized spacial score (nSPS) is 18.0. The first-order chi connectivity index (χ1) is 23.0. The van der Waals surface area contributed by atoms with Gasteiger partial charge < -0.3 is 15.1 Å². The first-order valence-corrected chi connectivity index (χ1v) is 17.0. The molecule has 2 aromatic carbocycles. The Balaban J connectivity index is 1.91. The SMILES string of the molecule is [B]C(/C=C(\C#N)C1=[N+](CCC(=O)O)c2ccc(C(C)(C)C)cc2C1(C)C)=C\C(C#N)=C1\N(CCC(=O)O)c2ccc(C(C)(C)C)cc2C1(C)C. The largest absolute Gasteiger partial charge is 0.481 e. The molecule has 2 N–H and O–H groups in total. The van der Waals surface area contributed by atoms with Gasteiger partial charge in [0.15, 0.2) is 6.54 Å². The maximum Gasteiger partial charge on any atom is 0.309 e. The zero-order valence-electron chi connectivity index (χ0n) is 31.0. The fourth-order valence-electron chi connectivity index (χ4n) is 7.17. The summed E-state index contributed by atoms with van der Waals surface area (Å²) < 4.78 is 1.90. The van der Waals surface area contributed by atoms with Gasteiger partial charge in [-0.1, -0.05) is 79.1 Å². The topological polar surface area (TPSA) is 128 Å². The Bertz CT molecular complexity index is 1970. The highest BCUT2D eigenvalue weighted by Gasteiger charge is 2.48. The molecule has 0 bridgehead atoms. The van der Waals surface area contributed by atoms with Crippen LogP contribution in [0.5, 0.6) is 0 Å². The number of aliphatic carboxylic acids is 2. The van der Waals surface area contributed by atoms with Gasteiger partial charge in [0.1, 0.15) is 32.0 Å². The number of nitrogens with zero attached hydrogens (tertiary/aromatic N) is 4. The molecule has 0 fully saturated rings. The van der Waals surface area contributed by atoms with Gasteiger partial charge in [-0.15, -0.1) is 0 Å². The van der Waals surface area contributed by atoms with Crippen LogP contribution in [0.2, 0.25) is 0 Å². The van der Waals surface area contributed by atoms with E-state index in [2.05, 4.69) is 65.8 Å². The van der Waals surface area contributed by atoms with Crippen molar-refractivity contribution < 1.29 is 24.4 Å². The third-order valence-corrected chi connectivity index (χ3v) is 9.85. The predicted molar refractivity (Wildman–Crippen MR) is 198 cm³/mol. The molecule has 2 aromatic rings. The van der Waals surface area contributed by atoms with Gasteiger partial charge in [-0.25, -0.2) is 0 Å². The molecular weight excluding hydrogens is 623 g/mol. The van der Waals surface area contributed by atoms with E-state index in [1.54, 1.807) is 12.2 Å². The number of rotatable bonds is 9. The van der Waals surface area contributed by atoms with E-state index < -0.39 is 22.8 Å². The summed E-state index contributed by atoms with van der Waals surface area (Å²) in [5.41, 5.74) is 6.29. The summed E-state index contributed by atoms with van der Waals surface area (Å²) in [4.78, 5) is 25.3. The number of benzene rings is 2. The first-order valence-electron chi connectivity index (χ1n) is 17.0. The molecule has 0 saturated carbocycles. The summed E-state index contributed by atoms with van der Waals surface area (Å²) in [6.45, 7) is 21.2. The summed E-state index contributed by atoms with van der Waals surface area (Å²) in [6.07, 6.45) is 2.84. The highest BCUT2D eigenvalue weighted by Crippen LogP contribution is 2.50. The molecule has 4 rings (SSSR count). The number of hydrogen-bond donors (Lipinski definition) is 2. The van der Waals surface area contributed by atoms with E-state index in [1.807, 2.05) is 61.4 Å². The third kappa shape index (κ3) is 7.19. The van der Waals surface area contributed by atoms with Gasteiger partial charge in [-0.3, -0.25) is 9.59 Å². The molecule has 258 valence electrons. The molecule has 0 aliphatic carbocycles. The molecule has 9 heteroatoms. The van der Waals surface area contributed by atoms with E-state index in [1.165, 1.54) is 0 Å². The van der Waals surface area contributed by atoms with Gasteiger partial charge in [-0.05, 0) is 65.7 Å². The van der Waals surface area contributed by atoms with Crippen LogP contribution in [0.15, 0.2) is 70.9 Å². The summed E-state index contributed by atoms with van der Waals surface area (Å²) in [6, 6.07) is 17.0. The molecule has 8 nitrogen and oxygen atoms in total. The minimum absolute atomic E-state index is 0.123. The quantitative estimate of drug-likeness (QED) is 0.121. The number of fused-ring (bicyclic) bond motifs is 2. The van der Waals surface area contributed by atoms with Crippen molar-refractivity contribution in [2.24, 2.45) is 0 Å². The molecule has 2 aliphatic rings. The van der Waals surface area contributed by atoms with Gasteiger partial charge in [0.2, 0.25) is 11.4 Å². The minimum atomic E-state index is -0.948. The van der Waals surface area contributed by atoms with Crippen LogP contribution in [-0.4, -0.2) is 53.4 Å². The second kappa shape index (κ2) is 13.4. The molecule has 2 heterocycles. The highest BCUT2D eigenvalue weighted by atomic mass is 16.4. The number of nitriles is 2. The maximum atomic E-state index is 11.7. The summed E-state index contributed by atoms with van der Waals surface area (Å²) in [5.74, 6) is -1.90. The van der Waals surface area contributed by atoms with Crippen LogP contribution in [0, 0.1) is 22.7 Å². The van der Waals surface area contributed by atoms with Crippen LogP contribution in [-0.2, 0) is 31.2 Å². The van der Waals surface area contributed by atoms with Gasteiger partial charge in [0.05, 0.1) is 17.4 Å². The molecule has 0 amide bonds. The van der Waals surface area contributed by atoms with Crippen LogP contribution in [0.4, 0.5) is 11.4 Å². The number of hydrogen-bond acceptors (Lipinski definition) is 5. The molecule has 0 saturated heterocycles. The zero-order chi connectivity index (χ0) is 37.6. The molecule has 0 atom stereocenters. The van der Waals surface area contributed by atoms with E-state index in [-0.39, 0.29) is 53.4 Å². The fraction of sp³-hybridized carbons (Fsp3) is 0.439. The Labute approximate surface area is 298 Å². The predicted octanol–water partition coefficient (Wildman–Crippen LogP) is 7.69. The lowest BCUT2D eigenvalue weighted by Gasteiger charge is -2.28. The number of carbonyl (C=O) groups is 2. The van der Waals surface area contributed by atoms with Crippen LogP contribution in [0.1, 0.15) is 104 Å². The molecule has 0 spiro atoms. The molecule has 0 unspecified atom stereocenters. The van der Waals surface area contributed by atoms with Crippen LogP contribution >= 0.6 is 0 Å². The molecule has 2 radical (unpaired) electrons. The fourth-order valence-corrected chi connectivity index (χ4v) is 7.17. The smallest absolute Gasteiger partial charge is 0.309 e. The summed E-state index contributed by atoms with van der Waals surface area (Å²) in [7, 11) is 6.66. The van der Waals surface area contributed by atoms with Gasteiger partial charge in [-0.2, -0.15) is 15.1 Å². The molecular formula is C41H48BN4O4+. The summed E-state index contributed by atoms with van der Waals surface area (Å²) in [5, 5.41) is 40.4. The van der Waals surface area contributed by atoms with E-state index in [9.17, 15) is 30.3 Å². The van der Waals surface area contributed by atoms with Gasteiger partial charge in [0.25, 0.3) is 0 Å². The van der Waals surface area contributed by atoms with Crippen LogP contribution in [0.3, 0.4) is 0 Å². The second-order valence-electron chi connectivity index (χ2n) is 16.3. The molecule has 0 aromatic heterocycles. The van der Waals surface area contributed by atoms with Crippen molar-refractivity contribution in [3.05, 3.63) is 93.1 Å². The van der Waals surface area contributed by atoms with Gasteiger partial charge in [0, 0.05) is 35.0 Å². The van der Waals surface area contributed by atoms with Crippen molar-refractivity contribution in [1.82, 2.24) is 0 Å². The number of carboxylic acid groups (broad SMARTS) is 2. The van der Waals surface area contributed by atoms with Crippen LogP contribution in [0.25, 0.3) is 0 Å². The summed E-state index contributed by atoms with van der Waals surface area (Å²) >= 11 is 0. The van der Waals surface area contributed by atoms with Crippen molar-refractivity contribution in [3.63, 3.8) is 0 Å². The third-order valence-electron chi connectivity index (χ3n) is 9.85. The van der Waals surface area contributed by atoms with Crippen molar-refractivity contribution in [2.45, 2.75) is 104 Å². The number of carboxylic acids is 2. The van der Waals surface area contributed by atoms with E-state index in [0.29, 0.717) is 11.4 Å². The zero-order valence-corrected chi connectivity index (χ0v) is 31.0. The van der Waals surface area contributed by atoms with Crippen molar-refractivity contribution >= 4 is 36.9 Å². The van der Waals surface area contributed by atoms with E-state index >= 15 is 0 Å².